The molecule has 28 heteroatoms. The molecule has 4 fully saturated rings. The van der Waals surface area contributed by atoms with Gasteiger partial charge in [0.15, 0.2) is 0 Å². The van der Waals surface area contributed by atoms with Gasteiger partial charge in [-0.15, -0.1) is 0 Å². The minimum atomic E-state index is -4.97. The highest BCUT2D eigenvalue weighted by atomic mass is 35.7. The van der Waals surface area contributed by atoms with Gasteiger partial charge in [0, 0.05) is 81.0 Å². The average molecular weight is 1320 g/mol. The molecule has 5 aliphatic heterocycles. The third-order valence-electron chi connectivity index (χ3n) is 13.5. The smallest absolute Gasteiger partial charge is 0.444 e. The lowest BCUT2D eigenvalue weighted by molar-refractivity contribution is -0.156. The molecule has 0 aliphatic carbocycles. The average Bonchev–Trinajstić information content (AvgIpc) is 2.44. The Morgan fingerprint density at radius 3 is 1.20 bits per heavy atom. The molecular weight excluding hydrogens is 1210 g/mol. The lowest BCUT2D eigenvalue weighted by Crippen LogP contribution is -2.43. The van der Waals surface area contributed by atoms with Gasteiger partial charge in [0.1, 0.15) is 18.2 Å². The Labute approximate surface area is 531 Å². The summed E-state index contributed by atoms with van der Waals surface area (Å²) in [5.41, 5.74) is -1.35. The number of aliphatic imine (C=N–C) groups is 1. The summed E-state index contributed by atoms with van der Waals surface area (Å²) in [6.45, 7) is 36.1. The SMILES string of the molecule is C.C1=CCN=C1.CC.CC(C1CCN(C(=O)OC(C)(C)C)CC1)n1cccn1.CC(C1CCNCC1)n1cccn1.CC(O)C1CCN(C(=O)OC(C)(C)C)CC1.CC(OS(C)(=O)=O)C1CCN(C(=O)OC(C)(C)C)CC1.CS(=O)(=O)Cl.[2H]C(=O)C(F)(F)F. The predicted molar refractivity (Wildman–Crippen MR) is 342 cm³/mol. The molecule has 88 heavy (non-hydrogen) atoms. The lowest BCUT2D eigenvalue weighted by Gasteiger charge is -2.35. The fourth-order valence-electron chi connectivity index (χ4n) is 9.12. The number of carbonyl (C=O) groups excluding carboxylic acids is 4. The molecule has 22 nitrogen and oxygen atoms in total. The van der Waals surface area contributed by atoms with Crippen LogP contribution in [0.3, 0.4) is 0 Å². The first-order valence-corrected chi connectivity index (χ1v) is 34.3. The number of aromatic nitrogens is 4. The minimum absolute atomic E-state index is 0. The van der Waals surface area contributed by atoms with Crippen LogP contribution in [0.1, 0.15) is 176 Å². The van der Waals surface area contributed by atoms with Crippen LogP contribution in [-0.4, -0.2) is 194 Å². The molecule has 3 amide bonds. The van der Waals surface area contributed by atoms with Crippen molar-refractivity contribution < 1.29 is 74.1 Å². The van der Waals surface area contributed by atoms with Gasteiger partial charge in [0.25, 0.3) is 10.1 Å². The van der Waals surface area contributed by atoms with Gasteiger partial charge in [-0.1, -0.05) is 27.4 Å². The number of halogens is 4. The summed E-state index contributed by atoms with van der Waals surface area (Å²) in [4.78, 5) is 53.7. The Kier molecular flexibility index (Phi) is 39.3. The highest BCUT2D eigenvalue weighted by Gasteiger charge is 2.33. The Hall–Kier alpha value is -4.83. The quantitative estimate of drug-likeness (QED) is 0.108. The number of amides is 3. The van der Waals surface area contributed by atoms with Crippen molar-refractivity contribution in [2.75, 3.05) is 71.4 Å². The number of hydrogen-bond donors (Lipinski definition) is 2. The Morgan fingerprint density at radius 1 is 0.648 bits per heavy atom. The fraction of sp³-hybridized carbons (Fsp3) is 0.783. The first-order valence-electron chi connectivity index (χ1n) is 30.3. The molecule has 2 aromatic heterocycles. The van der Waals surface area contributed by atoms with Crippen LogP contribution >= 0.6 is 10.7 Å². The molecule has 7 heterocycles. The second-order valence-electron chi connectivity index (χ2n) is 24.4. The summed E-state index contributed by atoms with van der Waals surface area (Å²) in [6, 6.07) is 4.88. The maximum atomic E-state index is 12.0. The van der Waals surface area contributed by atoms with E-state index in [0.29, 0.717) is 50.1 Å². The third-order valence-corrected chi connectivity index (χ3v) is 14.2. The summed E-state index contributed by atoms with van der Waals surface area (Å²) in [5.74, 6) is 1.82. The number of allylic oxidation sites excluding steroid dienone is 1. The number of piperidine rings is 4. The molecule has 0 saturated carbocycles. The van der Waals surface area contributed by atoms with Crippen molar-refractivity contribution in [2.24, 2.45) is 28.7 Å². The molecule has 2 N–H and O–H groups in total. The van der Waals surface area contributed by atoms with Crippen molar-refractivity contribution >= 4 is 60.6 Å². The van der Waals surface area contributed by atoms with E-state index in [-0.39, 0.29) is 43.8 Å². The number of aliphatic hydroxyl groups excluding tert-OH is 1. The van der Waals surface area contributed by atoms with E-state index in [2.05, 4.69) is 55.9 Å². The normalized spacial score (nSPS) is 18.4. The molecule has 0 radical (unpaired) electrons. The summed E-state index contributed by atoms with van der Waals surface area (Å²) in [5, 5.41) is 21.4. The van der Waals surface area contributed by atoms with E-state index in [9.17, 15) is 49.5 Å². The first-order chi connectivity index (χ1) is 40.5. The van der Waals surface area contributed by atoms with Crippen LogP contribution in [0.4, 0.5) is 27.6 Å². The van der Waals surface area contributed by atoms with Crippen molar-refractivity contribution in [3.63, 3.8) is 0 Å². The van der Waals surface area contributed by atoms with Crippen molar-refractivity contribution in [1.82, 2.24) is 39.6 Å². The number of ether oxygens (including phenoxy) is 3. The lowest BCUT2D eigenvalue weighted by atomic mass is 9.90. The van der Waals surface area contributed by atoms with Crippen LogP contribution in [0.2, 0.25) is 0 Å². The fourth-order valence-corrected chi connectivity index (χ4v) is 9.83. The van der Waals surface area contributed by atoms with Crippen LogP contribution in [0.15, 0.2) is 54.1 Å². The number of carbonyl (C=O) groups is 4. The van der Waals surface area contributed by atoms with Crippen LogP contribution in [-0.2, 0) is 42.4 Å². The standard InChI is InChI=1S/C15H25N3O2.C13H25NO5S.C12H23NO3.C10H17N3.C4H5N.C2HF3O.C2H6.CH3ClO2S.CH4/c1-12(18-9-5-8-16-18)13-6-10-17(11-7-13)14(19)20-15(2,3)4;1-10(19-20(5,16)17)11-6-8-14(9-7-11)12(15)18-13(2,3)4;1-9(14)10-5-7-13(8-6-10)11(15)16-12(2,3)4;1-9(13-8-2-5-12-13)10-3-6-11-7-4-10;1-2-4-5-3-1;3-2(4,5)1-6;1-2;1-5(2,3)4;/h5,8-9,12-13H,6-7,10-11H2,1-4H3;10-11H,6-9H2,1-5H3;9-10,14H,5-8H2,1-4H3;2,5,8-11H,3-4,6-7H2,1H3;1-3H,4H2;1H;1-2H3;1H3;1H4/i;;;;;1D;;;. The predicted octanol–water partition coefficient (Wildman–Crippen LogP) is 11.8. The zero-order valence-corrected chi connectivity index (χ0v) is 57.0. The van der Waals surface area contributed by atoms with E-state index >= 15 is 0 Å². The van der Waals surface area contributed by atoms with Gasteiger partial charge in [-0.2, -0.15) is 31.8 Å². The van der Waals surface area contributed by atoms with Crippen molar-refractivity contribution in [1.29, 1.82) is 0 Å². The molecule has 4 unspecified atom stereocenters. The minimum Gasteiger partial charge on any atom is -0.444 e. The van der Waals surface area contributed by atoms with Gasteiger partial charge < -0.3 is 39.3 Å². The number of alkyl halides is 3. The Balaban J connectivity index is 0. The topological polar surface area (TPSA) is 263 Å². The third kappa shape index (κ3) is 42.2. The number of hydrogen-bond acceptors (Lipinski definition) is 17. The molecule has 2 aromatic rings. The molecule has 7 rings (SSSR count). The molecule has 5 aliphatic rings. The summed E-state index contributed by atoms with van der Waals surface area (Å²) < 4.78 is 104. The van der Waals surface area contributed by atoms with E-state index in [1.165, 1.54) is 12.8 Å². The second-order valence-corrected chi connectivity index (χ2v) is 29.1. The molecule has 0 bridgehead atoms. The van der Waals surface area contributed by atoms with Crippen LogP contribution in [0, 0.1) is 23.7 Å². The van der Waals surface area contributed by atoms with Crippen LogP contribution in [0.25, 0.3) is 0 Å². The number of nitrogens with one attached hydrogen (secondary N) is 1. The molecule has 512 valence electrons. The Morgan fingerprint density at radius 2 is 0.966 bits per heavy atom. The first kappa shape index (κ1) is 83.2. The summed E-state index contributed by atoms with van der Waals surface area (Å²) >= 11 is 0. The van der Waals surface area contributed by atoms with Crippen molar-refractivity contribution in [2.45, 2.75) is 210 Å². The summed E-state index contributed by atoms with van der Waals surface area (Å²) in [7, 11) is -2.12. The van der Waals surface area contributed by atoms with E-state index in [1.807, 2.05) is 136 Å². The van der Waals surface area contributed by atoms with Crippen molar-refractivity contribution in [3.05, 3.63) is 49.1 Å². The summed E-state index contributed by atoms with van der Waals surface area (Å²) in [6.07, 6.45) is 14.3. The van der Waals surface area contributed by atoms with E-state index in [0.717, 1.165) is 89.7 Å². The van der Waals surface area contributed by atoms with Gasteiger partial charge in [0.05, 0.1) is 43.3 Å². The Bertz CT molecular complexity index is 2540. The highest BCUT2D eigenvalue weighted by Crippen LogP contribution is 2.30. The zero-order chi connectivity index (χ0) is 67.9. The number of likely N-dealkylation sites (tertiary alicyclic amines) is 3. The highest BCUT2D eigenvalue weighted by molar-refractivity contribution is 8.13. The maximum absolute atomic E-state index is 12.0. The van der Waals surface area contributed by atoms with Gasteiger partial charge in [0.2, 0.25) is 15.3 Å². The number of aliphatic hydroxyl groups is 1. The van der Waals surface area contributed by atoms with Gasteiger partial charge in [-0.25, -0.2) is 22.8 Å². The molecule has 4 atom stereocenters. The number of rotatable bonds is 8. The van der Waals surface area contributed by atoms with Gasteiger partial charge in [-0.3, -0.25) is 23.3 Å². The van der Waals surface area contributed by atoms with Crippen LogP contribution in [0.5, 0.6) is 0 Å². The zero-order valence-electron chi connectivity index (χ0n) is 55.6. The van der Waals surface area contributed by atoms with Gasteiger partial charge >= 0.3 is 24.5 Å². The molecule has 0 aromatic carbocycles. The molecule has 4 saturated heterocycles. The van der Waals surface area contributed by atoms with Crippen LogP contribution < -0.4 is 5.32 Å². The second kappa shape index (κ2) is 41.5. The van der Waals surface area contributed by atoms with E-state index < -0.39 is 48.4 Å². The number of nitrogens with zero attached hydrogens (tertiary/aromatic N) is 8. The number of aldehydes is 1. The molecule has 0 spiro atoms. The van der Waals surface area contributed by atoms with E-state index in [1.54, 1.807) is 22.9 Å². The van der Waals surface area contributed by atoms with Gasteiger partial charge in [-0.05, 0) is 196 Å². The van der Waals surface area contributed by atoms with E-state index in [4.69, 9.17) is 24.6 Å². The monoisotopic (exact) mass is 1320 g/mol. The largest absolute Gasteiger partial charge is 0.446 e. The maximum Gasteiger partial charge on any atom is 0.446 e. The van der Waals surface area contributed by atoms with Crippen molar-refractivity contribution in [3.8, 4) is 0 Å². The molecular formula is C60H109ClF3N9O13S2.